The second-order valence-electron chi connectivity index (χ2n) is 2.83. The highest BCUT2D eigenvalue weighted by atomic mass is 15.1. The summed E-state index contributed by atoms with van der Waals surface area (Å²) >= 11 is 0. The molecule has 11 heavy (non-hydrogen) atoms. The molecule has 0 spiro atoms. The fourth-order valence-electron chi connectivity index (χ4n) is 1.01. The summed E-state index contributed by atoms with van der Waals surface area (Å²) in [7, 11) is 1.97. The molecule has 0 aliphatic rings. The van der Waals surface area contributed by atoms with E-state index in [9.17, 15) is 0 Å². The Kier molecular flexibility index (Phi) is 2.65. The lowest BCUT2D eigenvalue weighted by atomic mass is 10.2. The monoisotopic (exact) mass is 153 g/mol. The molecule has 3 heteroatoms. The van der Waals surface area contributed by atoms with Gasteiger partial charge in [0.05, 0.1) is 6.33 Å². The van der Waals surface area contributed by atoms with Gasteiger partial charge in [-0.15, -0.1) is 0 Å². The van der Waals surface area contributed by atoms with E-state index < -0.39 is 0 Å². The molecule has 0 aromatic carbocycles. The van der Waals surface area contributed by atoms with Crippen LogP contribution >= 0.6 is 0 Å². The Hall–Kier alpha value is -0.830. The number of hydrogen-bond acceptors (Lipinski definition) is 2. The van der Waals surface area contributed by atoms with Crippen LogP contribution in [0.1, 0.15) is 19.9 Å². The molecule has 0 saturated heterocycles. The van der Waals surface area contributed by atoms with Crippen LogP contribution in [-0.4, -0.2) is 22.6 Å². The lowest BCUT2D eigenvalue weighted by molar-refractivity contribution is 0.415. The molecule has 1 N–H and O–H groups in total. The molecule has 3 nitrogen and oxygen atoms in total. The lowest BCUT2D eigenvalue weighted by Gasteiger charge is -2.20. The Morgan fingerprint density at radius 2 is 2.18 bits per heavy atom. The van der Waals surface area contributed by atoms with Gasteiger partial charge in [0.15, 0.2) is 0 Å². The molecule has 0 saturated carbocycles. The van der Waals surface area contributed by atoms with Gasteiger partial charge in [-0.2, -0.15) is 0 Å². The van der Waals surface area contributed by atoms with Crippen LogP contribution < -0.4 is 5.32 Å². The number of likely N-dealkylation sites (N-methyl/N-ethyl adjacent to an activating group) is 1. The summed E-state index contributed by atoms with van der Waals surface area (Å²) in [6.07, 6.45) is 5.63. The summed E-state index contributed by atoms with van der Waals surface area (Å²) in [5, 5.41) is 3.20. The van der Waals surface area contributed by atoms with Crippen molar-refractivity contribution in [3.8, 4) is 0 Å². The van der Waals surface area contributed by atoms with Gasteiger partial charge >= 0.3 is 0 Å². The molecule has 1 heterocycles. The van der Waals surface area contributed by atoms with Crippen molar-refractivity contribution in [3.63, 3.8) is 0 Å². The molecule has 1 rings (SSSR count). The number of rotatable bonds is 3. The molecule has 2 unspecified atom stereocenters. The summed E-state index contributed by atoms with van der Waals surface area (Å²) in [5.41, 5.74) is 0. The standard InChI is InChI=1S/C8H15N3/c1-7(9-3)8(2)11-5-4-10-6-11/h4-9H,1-3H3. The van der Waals surface area contributed by atoms with Gasteiger partial charge in [-0.1, -0.05) is 0 Å². The van der Waals surface area contributed by atoms with Crippen molar-refractivity contribution in [2.45, 2.75) is 25.9 Å². The van der Waals surface area contributed by atoms with Gasteiger partial charge in [0.1, 0.15) is 0 Å². The van der Waals surface area contributed by atoms with E-state index in [1.165, 1.54) is 0 Å². The SMILES string of the molecule is CNC(C)C(C)n1ccnc1. The number of aromatic nitrogens is 2. The van der Waals surface area contributed by atoms with Crippen LogP contribution in [-0.2, 0) is 0 Å². The summed E-state index contributed by atoms with van der Waals surface area (Å²) in [4.78, 5) is 4.00. The number of nitrogens with zero attached hydrogens (tertiary/aromatic N) is 2. The molecule has 62 valence electrons. The number of imidazole rings is 1. The summed E-state index contributed by atoms with van der Waals surface area (Å²) in [5.74, 6) is 0. The maximum Gasteiger partial charge on any atom is 0.0948 e. The van der Waals surface area contributed by atoms with Gasteiger partial charge in [0.25, 0.3) is 0 Å². The minimum atomic E-state index is 0.461. The van der Waals surface area contributed by atoms with Crippen molar-refractivity contribution in [3.05, 3.63) is 18.7 Å². The summed E-state index contributed by atoms with van der Waals surface area (Å²) in [6.45, 7) is 4.33. The van der Waals surface area contributed by atoms with Crippen molar-refractivity contribution >= 4 is 0 Å². The Morgan fingerprint density at radius 1 is 1.45 bits per heavy atom. The zero-order chi connectivity index (χ0) is 8.27. The number of hydrogen-bond donors (Lipinski definition) is 1. The normalized spacial score (nSPS) is 16.3. The predicted molar refractivity (Wildman–Crippen MR) is 45.5 cm³/mol. The first-order valence-electron chi connectivity index (χ1n) is 3.90. The minimum absolute atomic E-state index is 0.461. The van der Waals surface area contributed by atoms with Crippen molar-refractivity contribution in [2.75, 3.05) is 7.05 Å². The zero-order valence-corrected chi connectivity index (χ0v) is 7.28. The molecule has 0 aliphatic heterocycles. The number of nitrogens with one attached hydrogen (secondary N) is 1. The zero-order valence-electron chi connectivity index (χ0n) is 7.28. The van der Waals surface area contributed by atoms with E-state index in [2.05, 4.69) is 28.7 Å². The van der Waals surface area contributed by atoms with Gasteiger partial charge in [-0.25, -0.2) is 4.98 Å². The van der Waals surface area contributed by atoms with Crippen molar-refractivity contribution in [1.82, 2.24) is 14.9 Å². The van der Waals surface area contributed by atoms with Crippen molar-refractivity contribution in [2.24, 2.45) is 0 Å². The van der Waals surface area contributed by atoms with E-state index >= 15 is 0 Å². The van der Waals surface area contributed by atoms with E-state index in [1.807, 2.05) is 19.6 Å². The molecule has 2 atom stereocenters. The minimum Gasteiger partial charge on any atom is -0.333 e. The maximum atomic E-state index is 4.00. The lowest BCUT2D eigenvalue weighted by Crippen LogP contribution is -2.30. The van der Waals surface area contributed by atoms with E-state index in [1.54, 1.807) is 6.20 Å². The van der Waals surface area contributed by atoms with Crippen LogP contribution in [0.25, 0.3) is 0 Å². The first kappa shape index (κ1) is 8.27. The fraction of sp³-hybridized carbons (Fsp3) is 0.625. The average Bonchev–Trinajstić information content (AvgIpc) is 2.53. The van der Waals surface area contributed by atoms with Gasteiger partial charge in [-0.05, 0) is 20.9 Å². The van der Waals surface area contributed by atoms with E-state index in [4.69, 9.17) is 0 Å². The molecular formula is C8H15N3. The van der Waals surface area contributed by atoms with E-state index in [-0.39, 0.29) is 0 Å². The van der Waals surface area contributed by atoms with Crippen molar-refractivity contribution in [1.29, 1.82) is 0 Å². The first-order valence-corrected chi connectivity index (χ1v) is 3.90. The highest BCUT2D eigenvalue weighted by Gasteiger charge is 2.09. The quantitative estimate of drug-likeness (QED) is 0.703. The molecule has 0 bridgehead atoms. The predicted octanol–water partition coefficient (Wildman–Crippen LogP) is 1.05. The van der Waals surface area contributed by atoms with Crippen molar-refractivity contribution < 1.29 is 0 Å². The molecule has 0 radical (unpaired) electrons. The third-order valence-corrected chi connectivity index (χ3v) is 2.17. The summed E-state index contributed by atoms with van der Waals surface area (Å²) in [6, 6.07) is 0.937. The topological polar surface area (TPSA) is 29.9 Å². The molecule has 1 aromatic rings. The average molecular weight is 153 g/mol. The Labute approximate surface area is 67.4 Å². The highest BCUT2D eigenvalue weighted by molar-refractivity contribution is 4.82. The maximum absolute atomic E-state index is 4.00. The third-order valence-electron chi connectivity index (χ3n) is 2.17. The molecule has 0 amide bonds. The van der Waals surface area contributed by atoms with Crippen LogP contribution in [0.3, 0.4) is 0 Å². The molecule has 0 aliphatic carbocycles. The molecule has 1 aromatic heterocycles. The molecular weight excluding hydrogens is 138 g/mol. The van der Waals surface area contributed by atoms with Crippen LogP contribution in [0.2, 0.25) is 0 Å². The second kappa shape index (κ2) is 3.53. The van der Waals surface area contributed by atoms with Crippen LogP contribution in [0.5, 0.6) is 0 Å². The first-order chi connectivity index (χ1) is 5.25. The fourth-order valence-corrected chi connectivity index (χ4v) is 1.01. The third kappa shape index (κ3) is 1.80. The highest BCUT2D eigenvalue weighted by Crippen LogP contribution is 2.08. The molecule has 0 fully saturated rings. The smallest absolute Gasteiger partial charge is 0.0948 e. The second-order valence-corrected chi connectivity index (χ2v) is 2.83. The van der Waals surface area contributed by atoms with Gasteiger partial charge < -0.3 is 9.88 Å². The van der Waals surface area contributed by atoms with Gasteiger partial charge in [0.2, 0.25) is 0 Å². The van der Waals surface area contributed by atoms with Crippen LogP contribution in [0, 0.1) is 0 Å². The summed E-state index contributed by atoms with van der Waals surface area (Å²) < 4.78 is 2.10. The van der Waals surface area contributed by atoms with Gasteiger partial charge in [-0.3, -0.25) is 0 Å². The van der Waals surface area contributed by atoms with E-state index in [0.29, 0.717) is 12.1 Å². The Balaban J connectivity index is 2.62. The van der Waals surface area contributed by atoms with E-state index in [0.717, 1.165) is 0 Å². The Morgan fingerprint density at radius 3 is 2.64 bits per heavy atom. The van der Waals surface area contributed by atoms with Crippen LogP contribution in [0.15, 0.2) is 18.7 Å². The van der Waals surface area contributed by atoms with Crippen LogP contribution in [0.4, 0.5) is 0 Å². The largest absolute Gasteiger partial charge is 0.333 e. The van der Waals surface area contributed by atoms with Gasteiger partial charge in [0, 0.05) is 24.5 Å². The Bertz CT molecular complexity index is 193.